The minimum atomic E-state index is 0.455. The molecule has 0 fully saturated rings. The van der Waals surface area contributed by atoms with Crippen LogP contribution in [0.3, 0.4) is 0 Å². The van der Waals surface area contributed by atoms with Crippen LogP contribution in [0, 0.1) is 0 Å². The first-order valence-electron chi connectivity index (χ1n) is 5.90. The van der Waals surface area contributed by atoms with E-state index in [0.717, 1.165) is 11.1 Å². The fraction of sp³-hybridized carbons (Fsp3) is 0.250. The van der Waals surface area contributed by atoms with E-state index in [1.165, 1.54) is 0 Å². The van der Waals surface area contributed by atoms with Gasteiger partial charge in [-0.05, 0) is 12.1 Å². The zero-order valence-electron chi connectivity index (χ0n) is 10.7. The third-order valence-electron chi connectivity index (χ3n) is 2.62. The number of rotatable bonds is 4. The van der Waals surface area contributed by atoms with Crippen LogP contribution in [0.25, 0.3) is 11.1 Å². The second kappa shape index (κ2) is 4.60. The Balaban J connectivity index is 1.71. The van der Waals surface area contributed by atoms with Gasteiger partial charge in [-0.1, -0.05) is 12.1 Å². The zero-order valence-corrected chi connectivity index (χ0v) is 10.7. The maximum atomic E-state index is 5.60. The van der Waals surface area contributed by atoms with Crippen LogP contribution < -0.4 is 10.2 Å². The third-order valence-corrected chi connectivity index (χ3v) is 2.62. The number of H-pyrrole nitrogens is 1. The maximum absolute atomic E-state index is 5.60. The van der Waals surface area contributed by atoms with Gasteiger partial charge in [0.05, 0.1) is 6.54 Å². The van der Waals surface area contributed by atoms with Gasteiger partial charge in [-0.3, -0.25) is 0 Å². The van der Waals surface area contributed by atoms with Gasteiger partial charge in [0.2, 0.25) is 17.8 Å². The number of aromatic nitrogens is 4. The Morgan fingerprint density at radius 1 is 1.26 bits per heavy atom. The van der Waals surface area contributed by atoms with Crippen LogP contribution in [0.1, 0.15) is 5.89 Å². The molecular formula is C12H14N6O. The van der Waals surface area contributed by atoms with Crippen molar-refractivity contribution in [3.8, 4) is 0 Å². The minimum absolute atomic E-state index is 0.455. The average molecular weight is 258 g/mol. The largest absolute Gasteiger partial charge is 0.439 e. The van der Waals surface area contributed by atoms with Crippen LogP contribution in [-0.4, -0.2) is 34.3 Å². The van der Waals surface area contributed by atoms with E-state index >= 15 is 0 Å². The number of para-hydroxylation sites is 2. The lowest BCUT2D eigenvalue weighted by molar-refractivity contribution is 0.540. The summed E-state index contributed by atoms with van der Waals surface area (Å²) in [6.45, 7) is 0.455. The molecule has 7 nitrogen and oxygen atoms in total. The Hall–Kier alpha value is -2.57. The second-order valence-electron chi connectivity index (χ2n) is 4.31. The molecule has 0 aliphatic heterocycles. The summed E-state index contributed by atoms with van der Waals surface area (Å²) >= 11 is 0. The van der Waals surface area contributed by atoms with Crippen molar-refractivity contribution in [2.75, 3.05) is 24.3 Å². The molecule has 98 valence electrons. The highest BCUT2D eigenvalue weighted by atomic mass is 16.3. The summed E-state index contributed by atoms with van der Waals surface area (Å²) in [6, 6.07) is 7.66. The van der Waals surface area contributed by atoms with Crippen LogP contribution in [0.15, 0.2) is 28.7 Å². The first-order valence-corrected chi connectivity index (χ1v) is 5.90. The monoisotopic (exact) mass is 258 g/mol. The molecule has 0 atom stereocenters. The molecular weight excluding hydrogens is 244 g/mol. The highest BCUT2D eigenvalue weighted by molar-refractivity contribution is 5.72. The molecule has 0 amide bonds. The van der Waals surface area contributed by atoms with Crippen molar-refractivity contribution in [1.82, 2.24) is 20.2 Å². The average Bonchev–Trinajstić information content (AvgIpc) is 3.02. The molecule has 0 unspecified atom stereocenters. The molecule has 0 spiro atoms. The number of fused-ring (bicyclic) bond motifs is 1. The van der Waals surface area contributed by atoms with Gasteiger partial charge in [0, 0.05) is 14.1 Å². The van der Waals surface area contributed by atoms with Crippen LogP contribution in [0.4, 0.5) is 11.9 Å². The highest BCUT2D eigenvalue weighted by Gasteiger charge is 2.07. The summed E-state index contributed by atoms with van der Waals surface area (Å²) in [7, 11) is 3.77. The third kappa shape index (κ3) is 2.35. The Morgan fingerprint density at radius 3 is 2.84 bits per heavy atom. The summed E-state index contributed by atoms with van der Waals surface area (Å²) in [5.74, 6) is 1.83. The maximum Gasteiger partial charge on any atom is 0.245 e. The molecule has 19 heavy (non-hydrogen) atoms. The number of benzene rings is 1. The molecule has 0 aliphatic rings. The molecule has 1 aromatic carbocycles. The molecule has 3 aromatic rings. The lowest BCUT2D eigenvalue weighted by atomic mass is 10.3. The number of hydrogen-bond donors (Lipinski definition) is 2. The number of aromatic amines is 1. The zero-order chi connectivity index (χ0) is 13.2. The number of nitrogens with one attached hydrogen (secondary N) is 2. The first kappa shape index (κ1) is 11.5. The van der Waals surface area contributed by atoms with Crippen molar-refractivity contribution in [3.05, 3.63) is 30.2 Å². The fourth-order valence-corrected chi connectivity index (χ4v) is 1.69. The molecule has 2 aromatic heterocycles. The van der Waals surface area contributed by atoms with E-state index < -0.39 is 0 Å². The SMILES string of the molecule is CN(C)c1n[nH]c(NCc2nc3ccccc3o2)n1. The lowest BCUT2D eigenvalue weighted by Gasteiger charge is -2.03. The molecule has 7 heteroatoms. The minimum Gasteiger partial charge on any atom is -0.439 e. The molecule has 3 rings (SSSR count). The molecule has 0 bridgehead atoms. The molecule has 0 saturated heterocycles. The van der Waals surface area contributed by atoms with Gasteiger partial charge in [-0.25, -0.2) is 10.1 Å². The van der Waals surface area contributed by atoms with Gasteiger partial charge >= 0.3 is 0 Å². The predicted molar refractivity (Wildman–Crippen MR) is 72.0 cm³/mol. The predicted octanol–water partition coefficient (Wildman–Crippen LogP) is 1.62. The van der Waals surface area contributed by atoms with Crippen LogP contribution in [-0.2, 0) is 6.54 Å². The number of nitrogens with zero attached hydrogens (tertiary/aromatic N) is 4. The van der Waals surface area contributed by atoms with Crippen LogP contribution in [0.2, 0.25) is 0 Å². The van der Waals surface area contributed by atoms with E-state index in [1.54, 1.807) is 0 Å². The van der Waals surface area contributed by atoms with Crippen molar-refractivity contribution in [2.45, 2.75) is 6.54 Å². The van der Waals surface area contributed by atoms with Gasteiger partial charge in [-0.15, -0.1) is 5.10 Å². The molecule has 2 N–H and O–H groups in total. The number of anilines is 2. The van der Waals surface area contributed by atoms with E-state index in [9.17, 15) is 0 Å². The quantitative estimate of drug-likeness (QED) is 0.740. The summed E-state index contributed by atoms with van der Waals surface area (Å²) < 4.78 is 5.60. The van der Waals surface area contributed by atoms with Crippen LogP contribution in [0.5, 0.6) is 0 Å². The van der Waals surface area contributed by atoms with Gasteiger partial charge < -0.3 is 14.6 Å². The summed E-state index contributed by atoms with van der Waals surface area (Å²) in [6.07, 6.45) is 0. The standard InChI is InChI=1S/C12H14N6O/c1-18(2)12-15-11(16-17-12)13-7-10-14-8-5-3-4-6-9(8)19-10/h3-6H,7H2,1-2H3,(H2,13,15,16,17). The van der Waals surface area contributed by atoms with E-state index in [1.807, 2.05) is 43.3 Å². The van der Waals surface area contributed by atoms with Gasteiger partial charge in [-0.2, -0.15) is 4.98 Å². The summed E-state index contributed by atoms with van der Waals surface area (Å²) in [5.41, 5.74) is 1.64. The van der Waals surface area contributed by atoms with Crippen LogP contribution >= 0.6 is 0 Å². The molecule has 0 aliphatic carbocycles. The van der Waals surface area contributed by atoms with Gasteiger partial charge in [0.25, 0.3) is 0 Å². The Morgan fingerprint density at radius 2 is 2.11 bits per heavy atom. The summed E-state index contributed by atoms with van der Waals surface area (Å²) in [5, 5.41) is 9.94. The van der Waals surface area contributed by atoms with Crippen molar-refractivity contribution in [2.24, 2.45) is 0 Å². The Labute approximate surface area is 109 Å². The van der Waals surface area contributed by atoms with Gasteiger partial charge in [0.1, 0.15) is 5.52 Å². The topological polar surface area (TPSA) is 82.9 Å². The second-order valence-corrected chi connectivity index (χ2v) is 4.31. The first-order chi connectivity index (χ1) is 9.22. The highest BCUT2D eigenvalue weighted by Crippen LogP contribution is 2.15. The van der Waals surface area contributed by atoms with E-state index in [2.05, 4.69) is 25.5 Å². The molecule has 0 saturated carbocycles. The van der Waals surface area contributed by atoms with E-state index in [4.69, 9.17) is 4.42 Å². The smallest absolute Gasteiger partial charge is 0.245 e. The van der Waals surface area contributed by atoms with Crippen molar-refractivity contribution >= 4 is 23.0 Å². The molecule has 0 radical (unpaired) electrons. The normalized spacial score (nSPS) is 10.8. The Kier molecular flexibility index (Phi) is 2.79. The van der Waals surface area contributed by atoms with E-state index in [-0.39, 0.29) is 0 Å². The van der Waals surface area contributed by atoms with Crippen molar-refractivity contribution in [3.63, 3.8) is 0 Å². The van der Waals surface area contributed by atoms with Crippen molar-refractivity contribution in [1.29, 1.82) is 0 Å². The fourth-order valence-electron chi connectivity index (χ4n) is 1.69. The van der Waals surface area contributed by atoms with E-state index in [0.29, 0.717) is 24.3 Å². The van der Waals surface area contributed by atoms with Crippen molar-refractivity contribution < 1.29 is 4.42 Å². The van der Waals surface area contributed by atoms with Gasteiger partial charge in [0.15, 0.2) is 5.58 Å². The number of oxazole rings is 1. The number of hydrogen-bond acceptors (Lipinski definition) is 6. The summed E-state index contributed by atoms with van der Waals surface area (Å²) in [4.78, 5) is 10.4. The lowest BCUT2D eigenvalue weighted by Crippen LogP contribution is -2.10. The molecule has 2 heterocycles. The Bertz CT molecular complexity index is 653.